The zero-order valence-corrected chi connectivity index (χ0v) is 15.4. The second kappa shape index (κ2) is 7.16. The molecule has 2 aliphatic heterocycles. The Balaban J connectivity index is 1.57. The number of hydrogen-bond acceptors (Lipinski definition) is 3. The van der Waals surface area contributed by atoms with Crippen molar-refractivity contribution in [2.24, 2.45) is 5.92 Å². The van der Waals surface area contributed by atoms with E-state index in [0.29, 0.717) is 0 Å². The maximum atomic E-state index is 12.8. The summed E-state index contributed by atoms with van der Waals surface area (Å²) in [4.78, 5) is 26.9. The standard InChI is InChI=1S/C20H17F3N2O2S/c21-20(22,23)16-10-9-13(18(26)24-16)19(27)25-17-11-5-1-3-7-14(11)28-15-8-4-2-6-12(15)17/h1-8,13,16-17H,9-10H2,(H,24,26)(H,25,27). The van der Waals surface area contributed by atoms with Crippen LogP contribution in [0.5, 0.6) is 0 Å². The fourth-order valence-electron chi connectivity index (χ4n) is 3.61. The van der Waals surface area contributed by atoms with Gasteiger partial charge < -0.3 is 10.6 Å². The number of carbonyl (C=O) groups excluding carboxylic acids is 2. The number of hydrogen-bond donors (Lipinski definition) is 2. The van der Waals surface area contributed by atoms with E-state index in [0.717, 1.165) is 20.9 Å². The molecule has 146 valence electrons. The fraction of sp³-hybridized carbons (Fsp3) is 0.300. The minimum atomic E-state index is -4.50. The van der Waals surface area contributed by atoms with E-state index in [1.807, 2.05) is 53.8 Å². The summed E-state index contributed by atoms with van der Waals surface area (Å²) in [5.74, 6) is -2.56. The van der Waals surface area contributed by atoms with Gasteiger partial charge in [0.15, 0.2) is 0 Å². The highest BCUT2D eigenvalue weighted by molar-refractivity contribution is 7.99. The van der Waals surface area contributed by atoms with Crippen LogP contribution >= 0.6 is 11.8 Å². The van der Waals surface area contributed by atoms with Crippen molar-refractivity contribution < 1.29 is 22.8 Å². The summed E-state index contributed by atoms with van der Waals surface area (Å²) in [5.41, 5.74) is 1.81. The highest BCUT2D eigenvalue weighted by Gasteiger charge is 2.46. The Morgan fingerprint density at radius 2 is 1.57 bits per heavy atom. The van der Waals surface area contributed by atoms with Crippen molar-refractivity contribution in [2.75, 3.05) is 0 Å². The van der Waals surface area contributed by atoms with Crippen LogP contribution in [0.15, 0.2) is 58.3 Å². The Kier molecular flexibility index (Phi) is 4.82. The summed E-state index contributed by atoms with van der Waals surface area (Å²) < 4.78 is 38.5. The Morgan fingerprint density at radius 1 is 1.00 bits per heavy atom. The molecule has 4 nitrogen and oxygen atoms in total. The molecule has 8 heteroatoms. The van der Waals surface area contributed by atoms with Crippen LogP contribution in [0, 0.1) is 5.92 Å². The van der Waals surface area contributed by atoms with Crippen molar-refractivity contribution in [1.29, 1.82) is 0 Å². The lowest BCUT2D eigenvalue weighted by Gasteiger charge is -2.32. The van der Waals surface area contributed by atoms with Crippen LogP contribution in [0.25, 0.3) is 0 Å². The first-order valence-electron chi connectivity index (χ1n) is 8.88. The fourth-order valence-corrected chi connectivity index (χ4v) is 4.75. The van der Waals surface area contributed by atoms with E-state index in [4.69, 9.17) is 0 Å². The average molecular weight is 406 g/mol. The summed E-state index contributed by atoms with van der Waals surface area (Å²) in [5, 5.41) is 4.82. The third-order valence-corrected chi connectivity index (χ3v) is 6.24. The number of halogens is 3. The third-order valence-electron chi connectivity index (χ3n) is 5.06. The van der Waals surface area contributed by atoms with E-state index in [1.54, 1.807) is 11.8 Å². The van der Waals surface area contributed by atoms with Crippen molar-refractivity contribution in [2.45, 2.75) is 40.9 Å². The van der Waals surface area contributed by atoms with Crippen molar-refractivity contribution in [3.05, 3.63) is 59.7 Å². The molecular formula is C20H17F3N2O2S. The molecule has 0 aliphatic carbocycles. The molecule has 1 fully saturated rings. The summed E-state index contributed by atoms with van der Waals surface area (Å²) in [7, 11) is 0. The Morgan fingerprint density at radius 3 is 2.11 bits per heavy atom. The number of rotatable bonds is 2. The molecule has 0 spiro atoms. The zero-order valence-electron chi connectivity index (χ0n) is 14.6. The van der Waals surface area contributed by atoms with Crippen molar-refractivity contribution >= 4 is 23.6 Å². The molecule has 0 saturated carbocycles. The van der Waals surface area contributed by atoms with Gasteiger partial charge in [-0.15, -0.1) is 0 Å². The van der Waals surface area contributed by atoms with E-state index in [-0.39, 0.29) is 12.8 Å². The zero-order chi connectivity index (χ0) is 19.9. The molecule has 4 rings (SSSR count). The van der Waals surface area contributed by atoms with Crippen LogP contribution in [-0.2, 0) is 9.59 Å². The van der Waals surface area contributed by atoms with Crippen LogP contribution in [0.3, 0.4) is 0 Å². The predicted octanol–water partition coefficient (Wildman–Crippen LogP) is 3.81. The number of fused-ring (bicyclic) bond motifs is 2. The van der Waals surface area contributed by atoms with Crippen molar-refractivity contribution in [3.63, 3.8) is 0 Å². The SMILES string of the molecule is O=C(NC1c2ccccc2Sc2ccccc21)C1CCC(C(F)(F)F)NC1=O. The highest BCUT2D eigenvalue weighted by atomic mass is 32.2. The summed E-state index contributed by atoms with van der Waals surface area (Å²) in [6, 6.07) is 12.9. The molecule has 1 saturated heterocycles. The number of carbonyl (C=O) groups is 2. The van der Waals surface area contributed by atoms with E-state index in [2.05, 4.69) is 5.32 Å². The molecule has 2 aromatic carbocycles. The molecule has 2 aromatic rings. The molecular weight excluding hydrogens is 389 g/mol. The molecule has 28 heavy (non-hydrogen) atoms. The van der Waals surface area contributed by atoms with Crippen molar-refractivity contribution in [3.8, 4) is 0 Å². The van der Waals surface area contributed by atoms with Gasteiger partial charge >= 0.3 is 6.18 Å². The first kappa shape index (κ1) is 18.9. The van der Waals surface area contributed by atoms with Gasteiger partial charge in [-0.3, -0.25) is 9.59 Å². The van der Waals surface area contributed by atoms with E-state index < -0.39 is 36.0 Å². The van der Waals surface area contributed by atoms with E-state index >= 15 is 0 Å². The molecule has 2 N–H and O–H groups in total. The monoisotopic (exact) mass is 406 g/mol. The quantitative estimate of drug-likeness (QED) is 0.746. The number of piperidine rings is 1. The van der Waals surface area contributed by atoms with Gasteiger partial charge in [-0.05, 0) is 36.1 Å². The minimum Gasteiger partial charge on any atom is -0.344 e. The summed E-state index contributed by atoms with van der Waals surface area (Å²) in [6.07, 6.45) is -4.94. The van der Waals surface area contributed by atoms with E-state index in [1.165, 1.54) is 0 Å². The van der Waals surface area contributed by atoms with Crippen LogP contribution in [0.2, 0.25) is 0 Å². The lowest BCUT2D eigenvalue weighted by atomic mass is 9.91. The smallest absolute Gasteiger partial charge is 0.344 e. The molecule has 2 heterocycles. The Labute approximate surface area is 163 Å². The molecule has 2 unspecified atom stereocenters. The normalized spacial score (nSPS) is 22.0. The molecule has 2 atom stereocenters. The number of amides is 2. The van der Waals surface area contributed by atoms with Gasteiger partial charge in [0.1, 0.15) is 12.0 Å². The molecule has 2 amide bonds. The maximum Gasteiger partial charge on any atom is 0.408 e. The summed E-state index contributed by atoms with van der Waals surface area (Å²) >= 11 is 1.60. The lowest BCUT2D eigenvalue weighted by Crippen LogP contribution is -2.54. The van der Waals surface area contributed by atoms with Gasteiger partial charge in [-0.25, -0.2) is 0 Å². The number of alkyl halides is 3. The van der Waals surface area contributed by atoms with Crippen LogP contribution < -0.4 is 10.6 Å². The largest absolute Gasteiger partial charge is 0.408 e. The first-order valence-corrected chi connectivity index (χ1v) is 9.69. The van der Waals surface area contributed by atoms with Crippen molar-refractivity contribution in [1.82, 2.24) is 10.6 Å². The number of nitrogens with one attached hydrogen (secondary N) is 2. The molecule has 2 aliphatic rings. The minimum absolute atomic E-state index is 0.132. The number of benzene rings is 2. The summed E-state index contributed by atoms with van der Waals surface area (Å²) in [6.45, 7) is 0. The molecule has 0 bridgehead atoms. The van der Waals surface area contributed by atoms with Gasteiger partial charge in [-0.2, -0.15) is 13.2 Å². The average Bonchev–Trinajstić information content (AvgIpc) is 2.67. The van der Waals surface area contributed by atoms with Gasteiger partial charge in [0.25, 0.3) is 0 Å². The van der Waals surface area contributed by atoms with Crippen LogP contribution in [-0.4, -0.2) is 24.0 Å². The van der Waals surface area contributed by atoms with Gasteiger partial charge in [-0.1, -0.05) is 48.2 Å². The lowest BCUT2D eigenvalue weighted by molar-refractivity contribution is -0.171. The maximum absolute atomic E-state index is 12.8. The third kappa shape index (κ3) is 3.48. The predicted molar refractivity (Wildman–Crippen MR) is 97.7 cm³/mol. The Bertz CT molecular complexity index is 886. The van der Waals surface area contributed by atoms with E-state index in [9.17, 15) is 22.8 Å². The second-order valence-corrected chi connectivity index (χ2v) is 7.94. The molecule has 0 radical (unpaired) electrons. The topological polar surface area (TPSA) is 58.2 Å². The molecule has 0 aromatic heterocycles. The Hall–Kier alpha value is -2.48. The van der Waals surface area contributed by atoms with Crippen LogP contribution in [0.4, 0.5) is 13.2 Å². The van der Waals surface area contributed by atoms with Gasteiger partial charge in [0.05, 0.1) is 6.04 Å². The van der Waals surface area contributed by atoms with Gasteiger partial charge in [0, 0.05) is 9.79 Å². The first-order chi connectivity index (χ1) is 13.3. The van der Waals surface area contributed by atoms with Gasteiger partial charge in [0.2, 0.25) is 11.8 Å². The van der Waals surface area contributed by atoms with Crippen LogP contribution in [0.1, 0.15) is 30.0 Å². The second-order valence-electron chi connectivity index (χ2n) is 6.85. The highest BCUT2D eigenvalue weighted by Crippen LogP contribution is 2.44.